The van der Waals surface area contributed by atoms with Crippen LogP contribution >= 0.6 is 0 Å². The summed E-state index contributed by atoms with van der Waals surface area (Å²) in [6.07, 6.45) is 45.5. The number of rotatable bonds is 42. The highest BCUT2D eigenvalue weighted by molar-refractivity contribution is 7.92. The molecule has 0 aromatic rings. The molecule has 0 bridgehead atoms. The molecule has 0 aliphatic heterocycles. The zero-order chi connectivity index (χ0) is 35.9. The topological polar surface area (TPSA) is 52.6 Å². The van der Waals surface area contributed by atoms with Crippen LogP contribution in [0.3, 0.4) is 0 Å². The fraction of sp³-hybridized carbons (Fsp3) is 1.00. The molecular formula is C44H90O4S. The van der Waals surface area contributed by atoms with Gasteiger partial charge in [-0.25, -0.2) is 8.42 Å². The van der Waals surface area contributed by atoms with Gasteiger partial charge in [-0.3, -0.25) is 0 Å². The highest BCUT2D eigenvalue weighted by Gasteiger charge is 2.34. The summed E-state index contributed by atoms with van der Waals surface area (Å²) >= 11 is 0. The van der Waals surface area contributed by atoms with Gasteiger partial charge in [0.15, 0.2) is 10.9 Å². The number of unbranched alkanes of at least 4 members (excludes halogenated alkanes) is 30. The van der Waals surface area contributed by atoms with Gasteiger partial charge in [0.2, 0.25) is 9.84 Å². The van der Waals surface area contributed by atoms with Gasteiger partial charge in [0.25, 0.3) is 0 Å². The standard InChI is InChI=1S/C44H90O4S/c1-5-9-11-13-15-17-19-21-23-25-27-29-31-33-35-37-41-47-43(39-7-3)49(45,46)44(40-8-4)48-42-38-36-34-32-30-28-26-24-22-20-18-16-14-12-10-6-2/h43-44H,5-42H2,1-4H3. The van der Waals surface area contributed by atoms with Gasteiger partial charge in [0.1, 0.15) is 0 Å². The third-order valence-electron chi connectivity index (χ3n) is 10.4. The molecule has 0 aliphatic carbocycles. The van der Waals surface area contributed by atoms with Crippen LogP contribution in [0.4, 0.5) is 0 Å². The van der Waals surface area contributed by atoms with Crippen molar-refractivity contribution in [2.24, 2.45) is 0 Å². The molecule has 0 aromatic heterocycles. The highest BCUT2D eigenvalue weighted by Crippen LogP contribution is 2.23. The molecule has 0 saturated heterocycles. The van der Waals surface area contributed by atoms with Crippen molar-refractivity contribution in [2.45, 2.75) is 270 Å². The van der Waals surface area contributed by atoms with Gasteiger partial charge in [0, 0.05) is 13.2 Å². The van der Waals surface area contributed by atoms with Gasteiger partial charge in [-0.15, -0.1) is 0 Å². The summed E-state index contributed by atoms with van der Waals surface area (Å²) in [5.74, 6) is 0. The van der Waals surface area contributed by atoms with E-state index in [1.54, 1.807) is 0 Å². The van der Waals surface area contributed by atoms with E-state index < -0.39 is 20.7 Å². The Hall–Kier alpha value is -0.130. The Bertz CT molecular complexity index is 670. The van der Waals surface area contributed by atoms with Crippen molar-refractivity contribution >= 4 is 9.84 Å². The summed E-state index contributed by atoms with van der Waals surface area (Å²) in [6.45, 7) is 9.75. The predicted octanol–water partition coefficient (Wildman–Crippen LogP) is 15.2. The minimum atomic E-state index is -3.48. The maximum Gasteiger partial charge on any atom is 0.203 e. The molecule has 2 unspecified atom stereocenters. The van der Waals surface area contributed by atoms with Crippen LogP contribution in [0.1, 0.15) is 259 Å². The third kappa shape index (κ3) is 32.3. The molecule has 0 aromatic carbocycles. The summed E-state index contributed by atoms with van der Waals surface area (Å²) in [6, 6.07) is 0. The lowest BCUT2D eigenvalue weighted by molar-refractivity contribution is 0.0696. The lowest BCUT2D eigenvalue weighted by atomic mass is 10.0. The zero-order valence-electron chi connectivity index (χ0n) is 34.1. The van der Waals surface area contributed by atoms with Crippen molar-refractivity contribution in [3.63, 3.8) is 0 Å². The van der Waals surface area contributed by atoms with Crippen LogP contribution in [0, 0.1) is 0 Å². The summed E-state index contributed by atoms with van der Waals surface area (Å²) in [7, 11) is -3.48. The number of ether oxygens (including phenoxy) is 2. The largest absolute Gasteiger partial charge is 0.362 e. The number of hydrogen-bond acceptors (Lipinski definition) is 4. The van der Waals surface area contributed by atoms with Crippen molar-refractivity contribution in [2.75, 3.05) is 13.2 Å². The van der Waals surface area contributed by atoms with E-state index in [0.717, 1.165) is 38.5 Å². The molecular weight excluding hydrogens is 625 g/mol. The van der Waals surface area contributed by atoms with Crippen LogP contribution in [0.25, 0.3) is 0 Å². The minimum absolute atomic E-state index is 0.542. The lowest BCUT2D eigenvalue weighted by Gasteiger charge is -2.24. The van der Waals surface area contributed by atoms with Crippen molar-refractivity contribution in [1.29, 1.82) is 0 Å². The van der Waals surface area contributed by atoms with E-state index >= 15 is 0 Å². The van der Waals surface area contributed by atoms with Gasteiger partial charge >= 0.3 is 0 Å². The minimum Gasteiger partial charge on any atom is -0.362 e. The smallest absolute Gasteiger partial charge is 0.203 e. The van der Waals surface area contributed by atoms with E-state index in [9.17, 15) is 8.42 Å². The number of hydrogen-bond donors (Lipinski definition) is 0. The van der Waals surface area contributed by atoms with Gasteiger partial charge < -0.3 is 9.47 Å². The second-order valence-corrected chi connectivity index (χ2v) is 17.6. The fourth-order valence-electron chi connectivity index (χ4n) is 7.06. The van der Waals surface area contributed by atoms with E-state index in [-0.39, 0.29) is 0 Å². The Kier molecular flexibility index (Phi) is 39.0. The average Bonchev–Trinajstić information content (AvgIpc) is 3.09. The summed E-state index contributed by atoms with van der Waals surface area (Å²) in [4.78, 5) is 0. The Morgan fingerprint density at radius 2 is 0.510 bits per heavy atom. The molecule has 5 heteroatoms. The van der Waals surface area contributed by atoms with E-state index in [1.807, 2.05) is 13.8 Å². The van der Waals surface area contributed by atoms with Crippen LogP contribution < -0.4 is 0 Å². The van der Waals surface area contributed by atoms with Gasteiger partial charge in [-0.2, -0.15) is 0 Å². The van der Waals surface area contributed by atoms with E-state index in [1.165, 1.54) is 180 Å². The maximum absolute atomic E-state index is 13.6. The van der Waals surface area contributed by atoms with Crippen molar-refractivity contribution in [3.8, 4) is 0 Å². The quantitative estimate of drug-likeness (QED) is 0.0591. The van der Waals surface area contributed by atoms with Crippen LogP contribution in [0.5, 0.6) is 0 Å². The van der Waals surface area contributed by atoms with E-state index in [0.29, 0.717) is 26.1 Å². The zero-order valence-corrected chi connectivity index (χ0v) is 34.9. The van der Waals surface area contributed by atoms with Crippen LogP contribution in [-0.4, -0.2) is 32.5 Å². The SMILES string of the molecule is CCCCCCCCCCCCCCCCCCOC(CCC)S(=O)(=O)C(CCC)OCCCCCCCCCCCCCCCCCC. The Morgan fingerprint density at radius 1 is 0.306 bits per heavy atom. The first kappa shape index (κ1) is 48.9. The fourth-order valence-corrected chi connectivity index (χ4v) is 9.09. The molecule has 0 rings (SSSR count). The predicted molar refractivity (Wildman–Crippen MR) is 217 cm³/mol. The summed E-state index contributed by atoms with van der Waals surface area (Å²) in [5, 5.41) is 0. The highest BCUT2D eigenvalue weighted by atomic mass is 32.2. The van der Waals surface area contributed by atoms with Gasteiger partial charge in [0.05, 0.1) is 0 Å². The summed E-state index contributed by atoms with van der Waals surface area (Å²) < 4.78 is 39.3. The first-order valence-corrected chi connectivity index (χ1v) is 24.1. The normalized spacial score (nSPS) is 13.3. The molecule has 0 saturated carbocycles. The van der Waals surface area contributed by atoms with Crippen LogP contribution in [-0.2, 0) is 19.3 Å². The Balaban J connectivity index is 3.94. The summed E-state index contributed by atoms with van der Waals surface area (Å²) in [5.41, 5.74) is -1.45. The third-order valence-corrected chi connectivity index (χ3v) is 12.6. The number of sulfone groups is 1. The molecule has 0 N–H and O–H groups in total. The monoisotopic (exact) mass is 715 g/mol. The molecule has 0 aliphatic rings. The average molecular weight is 715 g/mol. The molecule has 0 heterocycles. The second kappa shape index (κ2) is 39.1. The van der Waals surface area contributed by atoms with Crippen molar-refractivity contribution in [3.05, 3.63) is 0 Å². The molecule has 0 spiro atoms. The van der Waals surface area contributed by atoms with Crippen molar-refractivity contribution < 1.29 is 17.9 Å². The maximum atomic E-state index is 13.6. The van der Waals surface area contributed by atoms with Gasteiger partial charge in [-0.05, 0) is 25.7 Å². The molecule has 49 heavy (non-hydrogen) atoms. The lowest BCUT2D eigenvalue weighted by Crippen LogP contribution is -2.36. The van der Waals surface area contributed by atoms with Crippen LogP contribution in [0.15, 0.2) is 0 Å². The molecule has 0 amide bonds. The van der Waals surface area contributed by atoms with Crippen LogP contribution in [0.2, 0.25) is 0 Å². The van der Waals surface area contributed by atoms with Crippen molar-refractivity contribution in [1.82, 2.24) is 0 Å². The van der Waals surface area contributed by atoms with E-state index in [4.69, 9.17) is 9.47 Å². The molecule has 0 radical (unpaired) electrons. The Morgan fingerprint density at radius 3 is 0.714 bits per heavy atom. The first-order valence-electron chi connectivity index (χ1n) is 22.5. The van der Waals surface area contributed by atoms with Gasteiger partial charge in [-0.1, -0.05) is 233 Å². The van der Waals surface area contributed by atoms with E-state index in [2.05, 4.69) is 13.8 Å². The molecule has 4 nitrogen and oxygen atoms in total. The first-order chi connectivity index (χ1) is 24.0. The Labute approximate surface area is 309 Å². The second-order valence-electron chi connectivity index (χ2n) is 15.4. The molecule has 0 fully saturated rings. The molecule has 296 valence electrons. The molecule has 2 atom stereocenters.